The van der Waals surface area contributed by atoms with Gasteiger partial charge in [-0.25, -0.2) is 0 Å². The van der Waals surface area contributed by atoms with E-state index < -0.39 is 6.10 Å². The van der Waals surface area contributed by atoms with E-state index in [2.05, 4.69) is 11.9 Å². The minimum absolute atomic E-state index is 0.217. The van der Waals surface area contributed by atoms with Crippen molar-refractivity contribution in [3.05, 3.63) is 12.2 Å². The monoisotopic (exact) mass is 275 g/mol. The van der Waals surface area contributed by atoms with E-state index in [1.54, 1.807) is 0 Å². The third-order valence-electron chi connectivity index (χ3n) is 2.14. The molecule has 0 aromatic carbocycles. The van der Waals surface area contributed by atoms with Gasteiger partial charge in [0.2, 0.25) is 0 Å². The number of rotatable bonds is 13. The number of hydrogen-bond acceptors (Lipinski definition) is 5. The molecule has 2 N–H and O–H groups in total. The number of nitrogens with one attached hydrogen (secondary N) is 1. The van der Waals surface area contributed by atoms with Crippen LogP contribution in [0.4, 0.5) is 0 Å². The van der Waals surface area contributed by atoms with Gasteiger partial charge in [0.25, 0.3) is 0 Å². The van der Waals surface area contributed by atoms with Crippen LogP contribution >= 0.6 is 0 Å². The third-order valence-corrected chi connectivity index (χ3v) is 2.14. The number of hydrogen-bond donors (Lipinski definition) is 2. The molecule has 0 fully saturated rings. The summed E-state index contributed by atoms with van der Waals surface area (Å²) in [4.78, 5) is 0. The average molecular weight is 275 g/mol. The fraction of sp³-hybridized carbons (Fsp3) is 0.857. The first-order valence-electron chi connectivity index (χ1n) is 6.82. The lowest BCUT2D eigenvalue weighted by molar-refractivity contribution is -0.0102. The van der Waals surface area contributed by atoms with Crippen molar-refractivity contribution < 1.29 is 19.3 Å². The van der Waals surface area contributed by atoms with E-state index >= 15 is 0 Å². The molecule has 1 atom stereocenters. The van der Waals surface area contributed by atoms with Crippen LogP contribution in [0.15, 0.2) is 12.2 Å². The Balaban J connectivity index is 3.21. The van der Waals surface area contributed by atoms with E-state index in [0.29, 0.717) is 46.1 Å². The van der Waals surface area contributed by atoms with Gasteiger partial charge in [-0.2, -0.15) is 0 Å². The van der Waals surface area contributed by atoms with Crippen LogP contribution in [-0.2, 0) is 14.2 Å². The van der Waals surface area contributed by atoms with Crippen molar-refractivity contribution in [2.45, 2.75) is 33.0 Å². The maximum atomic E-state index is 9.62. The molecule has 0 radical (unpaired) electrons. The van der Waals surface area contributed by atoms with Crippen LogP contribution in [0.2, 0.25) is 0 Å². The molecule has 0 amide bonds. The SMILES string of the molecule is C=C(C)COCCNCC(O)COCCOC(C)C. The van der Waals surface area contributed by atoms with Crippen molar-refractivity contribution >= 4 is 0 Å². The van der Waals surface area contributed by atoms with Gasteiger partial charge in [-0.3, -0.25) is 0 Å². The van der Waals surface area contributed by atoms with Gasteiger partial charge in [0, 0.05) is 13.1 Å². The molecule has 0 bridgehead atoms. The van der Waals surface area contributed by atoms with Gasteiger partial charge in [0.05, 0.1) is 45.2 Å². The van der Waals surface area contributed by atoms with Gasteiger partial charge in [-0.15, -0.1) is 0 Å². The summed E-state index contributed by atoms with van der Waals surface area (Å²) in [7, 11) is 0. The fourth-order valence-electron chi connectivity index (χ4n) is 1.28. The zero-order valence-corrected chi connectivity index (χ0v) is 12.5. The Morgan fingerprint density at radius 2 is 1.95 bits per heavy atom. The summed E-state index contributed by atoms with van der Waals surface area (Å²) < 4.78 is 15.9. The van der Waals surface area contributed by atoms with Gasteiger partial charge in [-0.1, -0.05) is 12.2 Å². The number of aliphatic hydroxyl groups is 1. The van der Waals surface area contributed by atoms with Crippen LogP contribution < -0.4 is 5.32 Å². The molecule has 0 rings (SSSR count). The summed E-state index contributed by atoms with van der Waals surface area (Å²) in [5.74, 6) is 0. The maximum Gasteiger partial charge on any atom is 0.0897 e. The van der Waals surface area contributed by atoms with E-state index in [4.69, 9.17) is 14.2 Å². The smallest absolute Gasteiger partial charge is 0.0897 e. The lowest BCUT2D eigenvalue weighted by Crippen LogP contribution is -2.32. The van der Waals surface area contributed by atoms with Gasteiger partial charge < -0.3 is 24.6 Å². The molecule has 0 aliphatic heterocycles. The van der Waals surface area contributed by atoms with Crippen LogP contribution in [0.25, 0.3) is 0 Å². The molecule has 0 saturated heterocycles. The summed E-state index contributed by atoms with van der Waals surface area (Å²) in [6, 6.07) is 0. The average Bonchev–Trinajstić information content (AvgIpc) is 2.32. The predicted octanol–water partition coefficient (Wildman–Crippen LogP) is 0.971. The highest BCUT2D eigenvalue weighted by molar-refractivity contribution is 4.87. The highest BCUT2D eigenvalue weighted by Gasteiger charge is 2.03. The molecule has 1 unspecified atom stereocenters. The van der Waals surface area contributed by atoms with E-state index in [0.717, 1.165) is 5.57 Å². The quantitative estimate of drug-likeness (QED) is 0.387. The van der Waals surface area contributed by atoms with E-state index in [1.807, 2.05) is 20.8 Å². The normalized spacial score (nSPS) is 12.9. The fourth-order valence-corrected chi connectivity index (χ4v) is 1.28. The zero-order chi connectivity index (χ0) is 14.5. The molecule has 0 aliphatic carbocycles. The summed E-state index contributed by atoms with van der Waals surface area (Å²) in [5, 5.41) is 12.7. The molecule has 114 valence electrons. The van der Waals surface area contributed by atoms with Crippen molar-refractivity contribution in [3.8, 4) is 0 Å². The Morgan fingerprint density at radius 3 is 2.58 bits per heavy atom. The number of ether oxygens (including phenoxy) is 3. The first kappa shape index (κ1) is 18.5. The lowest BCUT2D eigenvalue weighted by atomic mass is 10.4. The highest BCUT2D eigenvalue weighted by atomic mass is 16.5. The summed E-state index contributed by atoms with van der Waals surface area (Å²) >= 11 is 0. The van der Waals surface area contributed by atoms with Gasteiger partial charge >= 0.3 is 0 Å². The van der Waals surface area contributed by atoms with Crippen LogP contribution in [0, 0.1) is 0 Å². The van der Waals surface area contributed by atoms with Gasteiger partial charge in [-0.05, 0) is 20.8 Å². The van der Waals surface area contributed by atoms with Crippen molar-refractivity contribution in [2.75, 3.05) is 46.1 Å². The summed E-state index contributed by atoms with van der Waals surface area (Å²) in [5.41, 5.74) is 1.01. The second-order valence-corrected chi connectivity index (χ2v) is 4.86. The summed E-state index contributed by atoms with van der Waals surface area (Å²) in [6.07, 6.45) is -0.283. The third kappa shape index (κ3) is 15.5. The molecule has 5 nitrogen and oxygen atoms in total. The second-order valence-electron chi connectivity index (χ2n) is 4.86. The molecule has 0 aromatic rings. The Hall–Kier alpha value is -0.460. The Kier molecular flexibility index (Phi) is 12.3. The molecular weight excluding hydrogens is 246 g/mol. The highest BCUT2D eigenvalue weighted by Crippen LogP contribution is 1.90. The largest absolute Gasteiger partial charge is 0.389 e. The zero-order valence-electron chi connectivity index (χ0n) is 12.5. The lowest BCUT2D eigenvalue weighted by Gasteiger charge is -2.13. The maximum absolute atomic E-state index is 9.62. The topological polar surface area (TPSA) is 60.0 Å². The van der Waals surface area contributed by atoms with Gasteiger partial charge in [0.15, 0.2) is 0 Å². The molecule has 0 heterocycles. The van der Waals surface area contributed by atoms with Crippen molar-refractivity contribution in [1.82, 2.24) is 5.32 Å². The molecule has 0 aromatic heterocycles. The number of aliphatic hydroxyl groups excluding tert-OH is 1. The minimum atomic E-state index is -0.500. The van der Waals surface area contributed by atoms with Crippen LogP contribution in [-0.4, -0.2) is 63.4 Å². The van der Waals surface area contributed by atoms with Crippen LogP contribution in [0.3, 0.4) is 0 Å². The van der Waals surface area contributed by atoms with E-state index in [-0.39, 0.29) is 6.10 Å². The molecule has 0 aliphatic rings. The van der Waals surface area contributed by atoms with Crippen LogP contribution in [0.5, 0.6) is 0 Å². The van der Waals surface area contributed by atoms with Crippen molar-refractivity contribution in [1.29, 1.82) is 0 Å². The van der Waals surface area contributed by atoms with E-state index in [1.165, 1.54) is 0 Å². The Bertz CT molecular complexity index is 221. The second kappa shape index (κ2) is 12.6. The van der Waals surface area contributed by atoms with Gasteiger partial charge in [0.1, 0.15) is 0 Å². The minimum Gasteiger partial charge on any atom is -0.389 e. The first-order valence-corrected chi connectivity index (χ1v) is 6.82. The standard InChI is InChI=1S/C14H29NO4/c1-12(2)10-17-6-5-15-9-14(16)11-18-7-8-19-13(3)4/h13-16H,1,5-11H2,2-4H3. The first-order chi connectivity index (χ1) is 9.02. The molecule has 0 saturated carbocycles. The predicted molar refractivity (Wildman–Crippen MR) is 76.4 cm³/mol. The van der Waals surface area contributed by atoms with Crippen LogP contribution in [0.1, 0.15) is 20.8 Å². The molecule has 5 heteroatoms. The Morgan fingerprint density at radius 1 is 1.21 bits per heavy atom. The van der Waals surface area contributed by atoms with Crippen molar-refractivity contribution in [3.63, 3.8) is 0 Å². The summed E-state index contributed by atoms with van der Waals surface area (Å²) in [6.45, 7) is 13.4. The molecule has 19 heavy (non-hydrogen) atoms. The molecular formula is C14H29NO4. The van der Waals surface area contributed by atoms with Crippen molar-refractivity contribution in [2.24, 2.45) is 0 Å². The van der Waals surface area contributed by atoms with E-state index in [9.17, 15) is 5.11 Å². The molecule has 0 spiro atoms. The Labute approximate surface area is 116 Å².